The summed E-state index contributed by atoms with van der Waals surface area (Å²) >= 11 is 7.42. The first-order valence-corrected chi connectivity index (χ1v) is 11.3. The number of esters is 1. The lowest BCUT2D eigenvalue weighted by Crippen LogP contribution is -2.10. The van der Waals surface area contributed by atoms with E-state index in [1.54, 1.807) is 36.4 Å². The Morgan fingerprint density at radius 2 is 1.85 bits per heavy atom. The van der Waals surface area contributed by atoms with Crippen LogP contribution in [0.2, 0.25) is 4.34 Å². The highest BCUT2D eigenvalue weighted by molar-refractivity contribution is 7.19. The Morgan fingerprint density at radius 3 is 2.59 bits per heavy atom. The van der Waals surface area contributed by atoms with E-state index in [-0.39, 0.29) is 11.4 Å². The van der Waals surface area contributed by atoms with Crippen molar-refractivity contribution in [2.45, 2.75) is 0 Å². The molecular weight excluding hydrogens is 472 g/mol. The molecule has 0 aliphatic rings. The van der Waals surface area contributed by atoms with Gasteiger partial charge in [0, 0.05) is 5.39 Å². The fraction of sp³-hybridized carbons (Fsp3) is 0.0400. The molecule has 0 atom stereocenters. The molecule has 0 aliphatic heterocycles. The normalized spacial score (nSPS) is 11.9. The first kappa shape index (κ1) is 21.6. The average Bonchev–Trinajstić information content (AvgIpc) is 3.48. The van der Waals surface area contributed by atoms with Gasteiger partial charge in [-0.3, -0.25) is 0 Å². The van der Waals surface area contributed by atoms with Gasteiger partial charge in [-0.15, -0.1) is 11.3 Å². The summed E-state index contributed by atoms with van der Waals surface area (Å²) in [6, 6.07) is 21.6. The van der Waals surface area contributed by atoms with Gasteiger partial charge in [-0.1, -0.05) is 41.9 Å². The molecular formula is C25H15ClN4O3S. The summed E-state index contributed by atoms with van der Waals surface area (Å²) in [6.45, 7) is -0.490. The maximum absolute atomic E-state index is 13.0. The van der Waals surface area contributed by atoms with E-state index in [4.69, 9.17) is 16.3 Å². The monoisotopic (exact) mass is 486 g/mol. The van der Waals surface area contributed by atoms with E-state index in [1.165, 1.54) is 11.3 Å². The van der Waals surface area contributed by atoms with Crippen LogP contribution in [0.15, 0.2) is 72.5 Å². The smallest absolute Gasteiger partial charge is 0.339 e. The van der Waals surface area contributed by atoms with E-state index in [1.807, 2.05) is 36.4 Å². The molecule has 0 aliphatic carbocycles. The first-order chi connectivity index (χ1) is 16.5. The standard InChI is InChI=1S/C25H15ClN4O3S/c26-23-10-9-22(34-23)20-11-15(14-5-1-2-6-17(14)28-20)25(32)33-13-21(31)16(12-27)24-29-18-7-3-4-8-19(18)30-24/h1-11,31H,13H2,(H,29,30)/b21-16+. The van der Waals surface area contributed by atoms with E-state index in [0.717, 1.165) is 10.4 Å². The number of benzene rings is 2. The fourth-order valence-electron chi connectivity index (χ4n) is 3.53. The molecule has 166 valence electrons. The summed E-state index contributed by atoms with van der Waals surface area (Å²) in [5, 5.41) is 20.7. The molecule has 0 amide bonds. The highest BCUT2D eigenvalue weighted by atomic mass is 35.5. The summed E-state index contributed by atoms with van der Waals surface area (Å²) in [7, 11) is 0. The molecule has 0 bridgehead atoms. The third-order valence-corrected chi connectivity index (χ3v) is 6.38. The van der Waals surface area contributed by atoms with Crippen LogP contribution in [-0.4, -0.2) is 32.6 Å². The number of nitriles is 1. The van der Waals surface area contributed by atoms with Gasteiger partial charge in [-0.05, 0) is 36.4 Å². The lowest BCUT2D eigenvalue weighted by Gasteiger charge is -2.10. The molecule has 3 aromatic heterocycles. The van der Waals surface area contributed by atoms with Crippen LogP contribution in [0.25, 0.3) is 38.1 Å². The van der Waals surface area contributed by atoms with E-state index in [9.17, 15) is 15.2 Å². The van der Waals surface area contributed by atoms with Gasteiger partial charge >= 0.3 is 5.97 Å². The van der Waals surface area contributed by atoms with Gasteiger partial charge in [-0.25, -0.2) is 14.8 Å². The number of carbonyl (C=O) groups excluding carboxylic acids is 1. The molecule has 3 heterocycles. The topological polar surface area (TPSA) is 112 Å². The van der Waals surface area contributed by atoms with Crippen molar-refractivity contribution >= 4 is 56.4 Å². The van der Waals surface area contributed by atoms with E-state index < -0.39 is 18.3 Å². The molecule has 2 aromatic carbocycles. The predicted molar refractivity (Wildman–Crippen MR) is 132 cm³/mol. The molecule has 9 heteroatoms. The van der Waals surface area contributed by atoms with Crippen molar-refractivity contribution in [2.24, 2.45) is 0 Å². The number of aromatic nitrogens is 3. The summed E-state index contributed by atoms with van der Waals surface area (Å²) in [5.74, 6) is -0.863. The van der Waals surface area contributed by atoms with Crippen molar-refractivity contribution in [3.63, 3.8) is 0 Å². The number of rotatable bonds is 5. The van der Waals surface area contributed by atoms with Crippen molar-refractivity contribution in [3.05, 3.63) is 88.2 Å². The number of hydrogen-bond donors (Lipinski definition) is 2. The van der Waals surface area contributed by atoms with Gasteiger partial charge in [-0.2, -0.15) is 5.26 Å². The number of fused-ring (bicyclic) bond motifs is 2. The number of nitrogens with zero attached hydrogens (tertiary/aromatic N) is 3. The lowest BCUT2D eigenvalue weighted by molar-refractivity contribution is 0.0505. The van der Waals surface area contributed by atoms with Gasteiger partial charge in [0.15, 0.2) is 11.6 Å². The highest BCUT2D eigenvalue weighted by Crippen LogP contribution is 2.32. The Morgan fingerprint density at radius 1 is 1.09 bits per heavy atom. The number of aromatic amines is 1. The number of nitrogens with one attached hydrogen (secondary N) is 1. The number of aliphatic hydroxyl groups excluding tert-OH is 1. The van der Waals surface area contributed by atoms with Gasteiger partial charge < -0.3 is 14.8 Å². The van der Waals surface area contributed by atoms with Crippen LogP contribution >= 0.6 is 22.9 Å². The predicted octanol–water partition coefficient (Wildman–Crippen LogP) is 6.14. The quantitative estimate of drug-likeness (QED) is 0.175. The van der Waals surface area contributed by atoms with Crippen LogP contribution in [0.5, 0.6) is 0 Å². The number of imidazole rings is 1. The third kappa shape index (κ3) is 4.10. The fourth-order valence-corrected chi connectivity index (χ4v) is 4.54. The minimum atomic E-state index is -0.657. The molecule has 0 saturated heterocycles. The van der Waals surface area contributed by atoms with Gasteiger partial charge in [0.2, 0.25) is 0 Å². The second-order valence-corrected chi connectivity index (χ2v) is 9.00. The van der Waals surface area contributed by atoms with Crippen LogP contribution in [0.1, 0.15) is 16.2 Å². The second kappa shape index (κ2) is 8.98. The number of para-hydroxylation sites is 3. The number of H-pyrrole nitrogens is 1. The zero-order valence-electron chi connectivity index (χ0n) is 17.4. The molecule has 0 saturated carbocycles. The van der Waals surface area contributed by atoms with Crippen LogP contribution in [0, 0.1) is 11.3 Å². The lowest BCUT2D eigenvalue weighted by atomic mass is 10.1. The molecule has 7 nitrogen and oxygen atoms in total. The van der Waals surface area contributed by atoms with Crippen molar-refractivity contribution < 1.29 is 14.6 Å². The van der Waals surface area contributed by atoms with Gasteiger partial charge in [0.1, 0.15) is 18.2 Å². The molecule has 5 aromatic rings. The molecule has 0 fully saturated rings. The number of ether oxygens (including phenoxy) is 1. The van der Waals surface area contributed by atoms with Crippen molar-refractivity contribution in [2.75, 3.05) is 6.61 Å². The number of thiophene rings is 1. The molecule has 2 N–H and O–H groups in total. The minimum Gasteiger partial charge on any atom is -0.507 e. The average molecular weight is 487 g/mol. The van der Waals surface area contributed by atoms with Crippen LogP contribution < -0.4 is 0 Å². The summed E-state index contributed by atoms with van der Waals surface area (Å²) < 4.78 is 5.99. The Labute approximate surface area is 202 Å². The van der Waals surface area contributed by atoms with Gasteiger partial charge in [0.05, 0.1) is 37.0 Å². The van der Waals surface area contributed by atoms with E-state index >= 15 is 0 Å². The first-order valence-electron chi connectivity index (χ1n) is 10.1. The number of halogens is 1. The number of allylic oxidation sites excluding steroid dienone is 1. The molecule has 0 radical (unpaired) electrons. The molecule has 0 spiro atoms. The van der Waals surface area contributed by atoms with E-state index in [0.29, 0.717) is 32.0 Å². The number of pyridine rings is 1. The maximum Gasteiger partial charge on any atom is 0.339 e. The summed E-state index contributed by atoms with van der Waals surface area (Å²) in [5.41, 5.74) is 2.77. The Balaban J connectivity index is 1.45. The third-order valence-electron chi connectivity index (χ3n) is 5.13. The molecule has 5 rings (SSSR count). The van der Waals surface area contributed by atoms with Crippen LogP contribution in [-0.2, 0) is 4.74 Å². The SMILES string of the molecule is N#C/C(=C(\O)COC(=O)c1cc(-c2ccc(Cl)s2)nc2ccccc12)c1nc2ccccc2[nH]1. The highest BCUT2D eigenvalue weighted by Gasteiger charge is 2.19. The Bertz CT molecular complexity index is 1600. The zero-order chi connectivity index (χ0) is 23.7. The Hall–Kier alpha value is -4.19. The molecule has 34 heavy (non-hydrogen) atoms. The van der Waals surface area contributed by atoms with E-state index in [2.05, 4.69) is 15.0 Å². The largest absolute Gasteiger partial charge is 0.507 e. The Kier molecular flexibility index (Phi) is 5.72. The van der Waals surface area contributed by atoms with Crippen molar-refractivity contribution in [1.82, 2.24) is 15.0 Å². The van der Waals surface area contributed by atoms with Gasteiger partial charge in [0.25, 0.3) is 0 Å². The summed E-state index contributed by atoms with van der Waals surface area (Å²) in [6.07, 6.45) is 0. The number of aliphatic hydroxyl groups is 1. The summed E-state index contributed by atoms with van der Waals surface area (Å²) in [4.78, 5) is 25.8. The van der Waals surface area contributed by atoms with Crippen LogP contribution in [0.4, 0.5) is 0 Å². The van der Waals surface area contributed by atoms with Crippen molar-refractivity contribution in [3.8, 4) is 16.6 Å². The second-order valence-electron chi connectivity index (χ2n) is 7.29. The number of hydrogen-bond acceptors (Lipinski definition) is 7. The zero-order valence-corrected chi connectivity index (χ0v) is 19.0. The van der Waals surface area contributed by atoms with Crippen molar-refractivity contribution in [1.29, 1.82) is 5.26 Å². The molecule has 0 unspecified atom stereocenters. The number of carbonyl (C=O) groups is 1. The van der Waals surface area contributed by atoms with Crippen LogP contribution in [0.3, 0.4) is 0 Å². The minimum absolute atomic E-state index is 0.0995. The maximum atomic E-state index is 13.0.